The summed E-state index contributed by atoms with van der Waals surface area (Å²) in [6.07, 6.45) is 2.48. The van der Waals surface area contributed by atoms with Crippen LogP contribution in [0.2, 0.25) is 0 Å². The Morgan fingerprint density at radius 1 is 0.830 bits per heavy atom. The predicted molar refractivity (Wildman–Crippen MR) is 207 cm³/mol. The molecule has 268 valence electrons. The van der Waals surface area contributed by atoms with Gasteiger partial charge in [-0.3, -0.25) is 0 Å². The number of rotatable bonds is 9. The molecule has 0 bridgehead atoms. The van der Waals surface area contributed by atoms with Crippen LogP contribution in [0.15, 0.2) is 66.7 Å². The topological polar surface area (TPSA) is 12.5 Å². The van der Waals surface area contributed by atoms with Crippen molar-refractivity contribution in [2.45, 2.75) is 118 Å². The van der Waals surface area contributed by atoms with E-state index in [1.54, 1.807) is 0 Å². The van der Waals surface area contributed by atoms with Gasteiger partial charge in [0.2, 0.25) is 0 Å². The van der Waals surface area contributed by atoms with Gasteiger partial charge in [0.05, 0.1) is 0 Å². The molecule has 1 aliphatic rings. The van der Waals surface area contributed by atoms with Gasteiger partial charge in [-0.1, -0.05) is 96.5 Å². The number of hydrogen-bond donors (Lipinski definition) is 0. The zero-order valence-corrected chi connectivity index (χ0v) is 36.2. The fraction of sp³-hybridized carbons (Fsp3) is 0.463. The first kappa shape index (κ1) is 48.1. The zero-order valence-electron chi connectivity index (χ0n) is 31.1. The van der Waals surface area contributed by atoms with E-state index in [4.69, 9.17) is 14.4 Å². The van der Waals surface area contributed by atoms with E-state index < -0.39 is 0 Å². The summed E-state index contributed by atoms with van der Waals surface area (Å²) in [5, 5.41) is 0. The van der Waals surface area contributed by atoms with Crippen LogP contribution in [0.25, 0.3) is 0 Å². The van der Waals surface area contributed by atoms with Crippen LogP contribution in [0.5, 0.6) is 5.75 Å². The van der Waals surface area contributed by atoms with Gasteiger partial charge >= 0.3 is 110 Å². The first-order valence-electron chi connectivity index (χ1n) is 15.9. The number of nitrogens with zero attached hydrogens (tertiary/aromatic N) is 1. The average Bonchev–Trinajstić information content (AvgIpc) is 3.18. The van der Waals surface area contributed by atoms with Gasteiger partial charge in [0.15, 0.2) is 0 Å². The standard InChI is InChI=1S/C29H42N.C10H12O.2CH3.ClH.2Ru.H2S/c1-20(2)17-23-13-15-24(16-14-23)29(9)18-28(7,8)30(19-29)27-25(21(3)4)11-10-12-26(27)22(5)6;1-8(2)11-10-7-5-4-6-9(10)3;;;;;;/h10-16,19-22H,17-18H2,1-9H3;3-8H,1-2H3;2*1H3;1H;;;1H2/q-1;;2*-1;;2*+1;/p-2. The normalized spacial score (nSPS) is 16.8. The van der Waals surface area contributed by atoms with Gasteiger partial charge in [0, 0.05) is 11.2 Å². The summed E-state index contributed by atoms with van der Waals surface area (Å²) >= 11 is -0.191. The van der Waals surface area contributed by atoms with Gasteiger partial charge in [-0.15, -0.1) is 5.41 Å². The van der Waals surface area contributed by atoms with Crippen LogP contribution in [0.4, 0.5) is 5.69 Å². The van der Waals surface area contributed by atoms with E-state index in [2.05, 4.69) is 116 Å². The van der Waals surface area contributed by atoms with Crippen molar-refractivity contribution in [3.8, 4) is 5.75 Å². The van der Waals surface area contributed by atoms with E-state index in [1.807, 2.05) is 42.7 Å². The second-order valence-electron chi connectivity index (χ2n) is 14.2. The fourth-order valence-corrected chi connectivity index (χ4v) is 7.39. The Morgan fingerprint density at radius 2 is 1.36 bits per heavy atom. The molecule has 0 saturated carbocycles. The maximum absolute atomic E-state index is 5.72. The minimum Gasteiger partial charge on any atom is -0.813 e. The molecule has 1 unspecified atom stereocenters. The average molecular weight is 854 g/mol. The number of para-hydroxylation sites is 2. The van der Waals surface area contributed by atoms with Crippen LogP contribution < -0.4 is 9.64 Å². The summed E-state index contributed by atoms with van der Waals surface area (Å²) < 4.78 is 7.66. The van der Waals surface area contributed by atoms with Crippen LogP contribution in [-0.4, -0.2) is 16.3 Å². The molecule has 1 saturated heterocycles. The SMILES string of the molecule is CC(C)Cc1ccc(C2(C)[CH-]N(c3c(C(C)C)cccc3C(C)C)C(C)(C)C2)cc1.CC(C)Oc1ccccc1[CH]=[Ru][Cl].[CH3-].[CH3-].[Ru+].[SH-]. The molecule has 0 aromatic heterocycles. The number of ether oxygens (including phenoxy) is 1. The number of halogens is 1. The first-order chi connectivity index (χ1) is 20.2. The van der Waals surface area contributed by atoms with E-state index in [9.17, 15) is 0 Å². The summed E-state index contributed by atoms with van der Waals surface area (Å²) in [6, 6.07) is 24.3. The quantitative estimate of drug-likeness (QED) is 0.0921. The second kappa shape index (κ2) is 21.3. The Balaban J connectivity index is 0. The van der Waals surface area contributed by atoms with Gasteiger partial charge in [-0.05, 0) is 61.1 Å². The minimum atomic E-state index is -0.191. The maximum Gasteiger partial charge on any atom is 1.00 e. The van der Waals surface area contributed by atoms with Crippen molar-refractivity contribution < 1.29 is 39.9 Å². The molecule has 0 spiro atoms. The summed E-state index contributed by atoms with van der Waals surface area (Å²) in [5.74, 6) is 2.63. The number of hydrogen-bond acceptors (Lipinski definition) is 3. The molecule has 47 heavy (non-hydrogen) atoms. The summed E-state index contributed by atoms with van der Waals surface area (Å²) in [7, 11) is 5.72. The van der Waals surface area contributed by atoms with Crippen molar-refractivity contribution in [3.63, 3.8) is 0 Å². The fourth-order valence-electron chi connectivity index (χ4n) is 6.28. The van der Waals surface area contributed by atoms with Crippen molar-refractivity contribution >= 4 is 33.5 Å². The second-order valence-corrected chi connectivity index (χ2v) is 16.0. The van der Waals surface area contributed by atoms with Crippen LogP contribution in [0.3, 0.4) is 0 Å². The Hall–Kier alpha value is -0.983. The molecule has 1 fully saturated rings. The third kappa shape index (κ3) is 13.0. The Kier molecular flexibility index (Phi) is 21.8. The molecule has 0 N–H and O–H groups in total. The molecular weight excluding hydrogens is 792 g/mol. The van der Waals surface area contributed by atoms with Crippen LogP contribution in [0.1, 0.15) is 122 Å². The molecule has 1 atom stereocenters. The molecular formula is C41H61ClNORu2S-3. The minimum absolute atomic E-state index is 0. The molecule has 0 aliphatic carbocycles. The third-order valence-corrected chi connectivity index (χ3v) is 9.32. The molecule has 2 nitrogen and oxygen atoms in total. The number of thiol groups is 1. The van der Waals surface area contributed by atoms with Crippen LogP contribution in [-0.2, 0) is 60.5 Å². The van der Waals surface area contributed by atoms with Crippen LogP contribution in [0, 0.1) is 27.3 Å². The Morgan fingerprint density at radius 3 is 1.83 bits per heavy atom. The maximum atomic E-state index is 5.72. The third-order valence-electron chi connectivity index (χ3n) is 8.14. The Labute approximate surface area is 321 Å². The molecule has 1 heterocycles. The molecule has 1 radical (unpaired) electrons. The summed E-state index contributed by atoms with van der Waals surface area (Å²) in [4.78, 5) is 2.61. The summed E-state index contributed by atoms with van der Waals surface area (Å²) in [5.41, 5.74) is 8.44. The largest absolute Gasteiger partial charge is 1.00 e. The van der Waals surface area contributed by atoms with Gasteiger partial charge in [0.1, 0.15) is 0 Å². The summed E-state index contributed by atoms with van der Waals surface area (Å²) in [6.45, 7) is 27.6. The molecule has 4 rings (SSSR count). The van der Waals surface area contributed by atoms with Crippen LogP contribution >= 0.6 is 9.69 Å². The van der Waals surface area contributed by atoms with Crippen molar-refractivity contribution in [3.05, 3.63) is 116 Å². The monoisotopic (exact) mass is 854 g/mol. The van der Waals surface area contributed by atoms with Crippen molar-refractivity contribution in [1.29, 1.82) is 0 Å². The van der Waals surface area contributed by atoms with E-state index in [1.165, 1.54) is 27.9 Å². The molecule has 3 aromatic rings. The first-order valence-corrected chi connectivity index (χ1v) is 19.1. The molecule has 0 amide bonds. The smallest absolute Gasteiger partial charge is 0.813 e. The van der Waals surface area contributed by atoms with Crippen molar-refractivity contribution in [2.24, 2.45) is 5.92 Å². The van der Waals surface area contributed by atoms with E-state index in [0.29, 0.717) is 17.8 Å². The van der Waals surface area contributed by atoms with Gasteiger partial charge < -0.3 is 33.2 Å². The van der Waals surface area contributed by atoms with Crippen molar-refractivity contribution in [2.75, 3.05) is 4.90 Å². The van der Waals surface area contributed by atoms with Gasteiger partial charge in [-0.2, -0.15) is 0 Å². The molecule has 6 heteroatoms. The predicted octanol–water partition coefficient (Wildman–Crippen LogP) is 11.7. The van der Waals surface area contributed by atoms with E-state index in [-0.39, 0.29) is 80.6 Å². The molecule has 1 aliphatic heterocycles. The molecule has 3 aromatic carbocycles. The van der Waals surface area contributed by atoms with E-state index in [0.717, 1.165) is 24.2 Å². The van der Waals surface area contributed by atoms with E-state index >= 15 is 0 Å². The van der Waals surface area contributed by atoms with Crippen molar-refractivity contribution in [1.82, 2.24) is 0 Å². The number of anilines is 1. The Bertz CT molecular complexity index is 1330. The number of benzene rings is 3. The van der Waals surface area contributed by atoms with Gasteiger partial charge in [0.25, 0.3) is 0 Å². The zero-order chi connectivity index (χ0) is 31.9. The van der Waals surface area contributed by atoms with Gasteiger partial charge in [-0.25, -0.2) is 6.54 Å².